The van der Waals surface area contributed by atoms with E-state index >= 15 is 0 Å². The van der Waals surface area contributed by atoms with Crippen molar-refractivity contribution in [1.82, 2.24) is 0 Å². The standard InChI is InChI=1S/2C19H18O5/c2*1-10-5-12-11(7-16(10)22-2)6-15(19(20)21)14-9-18(24-4)17(23-3)8-13(12)14/h2*5-9H,1-4H3,(H,20,21). The number of fused-ring (bicyclic) bond motifs is 6. The first-order chi connectivity index (χ1) is 23.0. The van der Waals surface area contributed by atoms with Crippen molar-refractivity contribution in [2.45, 2.75) is 13.8 Å². The molecule has 0 heterocycles. The van der Waals surface area contributed by atoms with Crippen LogP contribution < -0.4 is 28.4 Å². The molecule has 10 nitrogen and oxygen atoms in total. The summed E-state index contributed by atoms with van der Waals surface area (Å²) in [6, 6.07) is 18.1. The molecule has 0 bridgehead atoms. The lowest BCUT2D eigenvalue weighted by molar-refractivity contribution is 0.0688. The Bertz CT molecular complexity index is 2080. The van der Waals surface area contributed by atoms with E-state index in [1.165, 1.54) is 14.2 Å². The molecule has 6 aromatic rings. The van der Waals surface area contributed by atoms with Gasteiger partial charge in [-0.15, -0.1) is 0 Å². The van der Waals surface area contributed by atoms with Crippen LogP contribution in [0.4, 0.5) is 0 Å². The topological polar surface area (TPSA) is 130 Å². The van der Waals surface area contributed by atoms with Crippen molar-refractivity contribution in [3.05, 3.63) is 82.9 Å². The zero-order valence-electron chi connectivity index (χ0n) is 27.9. The summed E-state index contributed by atoms with van der Waals surface area (Å²) >= 11 is 0. The molecule has 0 saturated heterocycles. The molecule has 48 heavy (non-hydrogen) atoms. The molecule has 0 radical (unpaired) electrons. The molecule has 0 unspecified atom stereocenters. The van der Waals surface area contributed by atoms with Crippen LogP contribution in [-0.2, 0) is 0 Å². The summed E-state index contributed by atoms with van der Waals surface area (Å²) in [5, 5.41) is 25.5. The molecule has 0 aromatic heterocycles. The van der Waals surface area contributed by atoms with E-state index in [2.05, 4.69) is 0 Å². The Morgan fingerprint density at radius 2 is 0.688 bits per heavy atom. The number of carboxylic acids is 2. The third kappa shape index (κ3) is 5.88. The molecule has 0 amide bonds. The van der Waals surface area contributed by atoms with Gasteiger partial charge in [-0.1, -0.05) is 0 Å². The highest BCUT2D eigenvalue weighted by Crippen LogP contribution is 2.41. The molecular weight excluding hydrogens is 616 g/mol. The number of hydrogen-bond acceptors (Lipinski definition) is 8. The minimum absolute atomic E-state index is 0.212. The lowest BCUT2D eigenvalue weighted by atomic mass is 9.95. The maximum Gasteiger partial charge on any atom is 0.336 e. The van der Waals surface area contributed by atoms with Gasteiger partial charge in [-0.3, -0.25) is 0 Å². The van der Waals surface area contributed by atoms with Gasteiger partial charge in [-0.25, -0.2) is 9.59 Å². The lowest BCUT2D eigenvalue weighted by Gasteiger charge is -2.14. The molecule has 0 atom stereocenters. The molecule has 6 aromatic carbocycles. The first-order valence-corrected chi connectivity index (χ1v) is 14.8. The predicted molar refractivity (Wildman–Crippen MR) is 186 cm³/mol. The van der Waals surface area contributed by atoms with Gasteiger partial charge in [0, 0.05) is 10.8 Å². The first kappa shape index (κ1) is 33.5. The second-order valence-corrected chi connectivity index (χ2v) is 11.1. The second-order valence-electron chi connectivity index (χ2n) is 11.1. The minimum Gasteiger partial charge on any atom is -0.496 e. The minimum atomic E-state index is -0.992. The number of hydrogen-bond donors (Lipinski definition) is 2. The van der Waals surface area contributed by atoms with Crippen LogP contribution in [0.3, 0.4) is 0 Å². The van der Waals surface area contributed by atoms with Gasteiger partial charge < -0.3 is 38.6 Å². The van der Waals surface area contributed by atoms with Gasteiger partial charge in [0.2, 0.25) is 0 Å². The fourth-order valence-corrected chi connectivity index (χ4v) is 6.02. The summed E-state index contributed by atoms with van der Waals surface area (Å²) in [6.07, 6.45) is 0. The number of carboxylic acid groups (broad SMARTS) is 2. The maximum absolute atomic E-state index is 11.7. The third-order valence-corrected chi connectivity index (χ3v) is 8.40. The van der Waals surface area contributed by atoms with Crippen LogP contribution in [-0.4, -0.2) is 64.8 Å². The zero-order valence-corrected chi connectivity index (χ0v) is 27.9. The lowest BCUT2D eigenvalue weighted by Crippen LogP contribution is -2.00. The Labute approximate surface area is 276 Å². The Kier molecular flexibility index (Phi) is 9.38. The average molecular weight is 653 g/mol. The summed E-state index contributed by atoms with van der Waals surface area (Å²) in [7, 11) is 9.37. The molecule has 0 aliphatic carbocycles. The number of aromatic carboxylic acids is 2. The van der Waals surface area contributed by atoms with Gasteiger partial charge in [-0.05, 0) is 118 Å². The van der Waals surface area contributed by atoms with Gasteiger partial charge in [0.05, 0.1) is 53.8 Å². The highest BCUT2D eigenvalue weighted by molar-refractivity contribution is 6.18. The van der Waals surface area contributed by atoms with Gasteiger partial charge in [-0.2, -0.15) is 0 Å². The SMILES string of the molecule is COc1cc2cc(C(=O)O)c3cc(OC)c(OC)cc3c2cc1C.COc1cc2cc(C(=O)O)c3cc(OC)c(OC)cc3c2cc1C. The largest absolute Gasteiger partial charge is 0.496 e. The van der Waals surface area contributed by atoms with E-state index in [0.717, 1.165) is 54.9 Å². The van der Waals surface area contributed by atoms with Crippen LogP contribution in [0, 0.1) is 13.8 Å². The fraction of sp³-hybridized carbons (Fsp3) is 0.211. The number of carbonyl (C=O) groups is 2. The molecule has 0 spiro atoms. The summed E-state index contributed by atoms with van der Waals surface area (Å²) in [5.41, 5.74) is 2.38. The van der Waals surface area contributed by atoms with Crippen molar-refractivity contribution in [2.75, 3.05) is 42.7 Å². The number of aryl methyl sites for hydroxylation is 2. The van der Waals surface area contributed by atoms with Gasteiger partial charge in [0.25, 0.3) is 0 Å². The summed E-state index contributed by atoms with van der Waals surface area (Å²) in [4.78, 5) is 23.5. The monoisotopic (exact) mass is 652 g/mol. The highest BCUT2D eigenvalue weighted by Gasteiger charge is 2.19. The van der Waals surface area contributed by atoms with E-state index in [0.29, 0.717) is 33.8 Å². The molecular formula is C38H36O10. The number of methoxy groups -OCH3 is 6. The summed E-state index contributed by atoms with van der Waals surface area (Å²) in [5.74, 6) is 1.57. The van der Waals surface area contributed by atoms with Crippen molar-refractivity contribution in [1.29, 1.82) is 0 Å². The first-order valence-electron chi connectivity index (χ1n) is 14.8. The van der Waals surface area contributed by atoms with Crippen molar-refractivity contribution < 1.29 is 48.2 Å². The van der Waals surface area contributed by atoms with Crippen LogP contribution in [0.5, 0.6) is 34.5 Å². The number of rotatable bonds is 8. The predicted octanol–water partition coefficient (Wildman–Crippen LogP) is 8.05. The van der Waals surface area contributed by atoms with Crippen LogP contribution in [0.1, 0.15) is 31.8 Å². The zero-order chi connectivity index (χ0) is 34.9. The van der Waals surface area contributed by atoms with Crippen LogP contribution in [0.25, 0.3) is 43.1 Å². The van der Waals surface area contributed by atoms with Gasteiger partial charge >= 0.3 is 11.9 Å². The smallest absolute Gasteiger partial charge is 0.336 e. The number of ether oxygens (including phenoxy) is 6. The Hall–Kier alpha value is -5.90. The maximum atomic E-state index is 11.7. The Morgan fingerprint density at radius 3 is 0.958 bits per heavy atom. The van der Waals surface area contributed by atoms with E-state index in [4.69, 9.17) is 28.4 Å². The van der Waals surface area contributed by atoms with E-state index in [1.54, 1.807) is 52.7 Å². The van der Waals surface area contributed by atoms with Gasteiger partial charge in [0.1, 0.15) is 11.5 Å². The van der Waals surface area contributed by atoms with E-state index < -0.39 is 11.9 Å². The van der Waals surface area contributed by atoms with E-state index in [9.17, 15) is 19.8 Å². The summed E-state index contributed by atoms with van der Waals surface area (Å²) in [6.45, 7) is 3.91. The van der Waals surface area contributed by atoms with Crippen molar-refractivity contribution in [3.63, 3.8) is 0 Å². The molecule has 0 aliphatic rings. The molecule has 0 fully saturated rings. The quantitative estimate of drug-likeness (QED) is 0.156. The normalized spacial score (nSPS) is 10.8. The van der Waals surface area contributed by atoms with E-state index in [-0.39, 0.29) is 11.1 Å². The molecule has 2 N–H and O–H groups in total. The van der Waals surface area contributed by atoms with Crippen molar-refractivity contribution >= 4 is 55.0 Å². The molecule has 248 valence electrons. The average Bonchev–Trinajstić information content (AvgIpc) is 3.09. The highest BCUT2D eigenvalue weighted by atomic mass is 16.5. The van der Waals surface area contributed by atoms with Crippen LogP contribution >= 0.6 is 0 Å². The second kappa shape index (κ2) is 13.4. The fourth-order valence-electron chi connectivity index (χ4n) is 6.02. The molecule has 0 saturated carbocycles. The van der Waals surface area contributed by atoms with Gasteiger partial charge in [0.15, 0.2) is 23.0 Å². The molecule has 0 aliphatic heterocycles. The van der Waals surface area contributed by atoms with E-state index in [1.807, 2.05) is 50.2 Å². The Morgan fingerprint density at radius 1 is 0.396 bits per heavy atom. The third-order valence-electron chi connectivity index (χ3n) is 8.40. The van der Waals surface area contributed by atoms with Crippen LogP contribution in [0.2, 0.25) is 0 Å². The summed E-state index contributed by atoms with van der Waals surface area (Å²) < 4.78 is 32.1. The molecule has 6 rings (SSSR count). The number of benzene rings is 6. The Balaban J connectivity index is 0.000000188. The van der Waals surface area contributed by atoms with Crippen molar-refractivity contribution in [3.8, 4) is 34.5 Å². The van der Waals surface area contributed by atoms with Crippen LogP contribution in [0.15, 0.2) is 60.7 Å². The van der Waals surface area contributed by atoms with Crippen molar-refractivity contribution in [2.24, 2.45) is 0 Å². The molecule has 10 heteroatoms.